The van der Waals surface area contributed by atoms with Crippen molar-refractivity contribution in [3.05, 3.63) is 11.6 Å². The first-order valence-electron chi connectivity index (χ1n) is 5.26. The lowest BCUT2D eigenvalue weighted by atomic mass is 9.99. The maximum absolute atomic E-state index is 11.6. The van der Waals surface area contributed by atoms with Crippen molar-refractivity contribution >= 4 is 17.7 Å². The molecule has 15 heavy (non-hydrogen) atoms. The van der Waals surface area contributed by atoms with Crippen LogP contribution < -0.4 is 5.32 Å². The molecule has 0 bridgehead atoms. The van der Waals surface area contributed by atoms with E-state index in [1.165, 1.54) is 0 Å². The number of hydrogen-bond donors (Lipinski definition) is 1. The van der Waals surface area contributed by atoms with Crippen LogP contribution in [0.5, 0.6) is 0 Å². The molecular formula is C10H16N2O2S. The lowest BCUT2D eigenvalue weighted by molar-refractivity contribution is -0.152. The SMILES string of the molecule is O=C(OCN1C=CSC1)C1CCNCC1. The van der Waals surface area contributed by atoms with E-state index in [0.29, 0.717) is 6.73 Å². The van der Waals surface area contributed by atoms with Crippen molar-refractivity contribution in [2.75, 3.05) is 25.7 Å². The molecule has 0 atom stereocenters. The maximum atomic E-state index is 11.6. The first-order valence-corrected chi connectivity index (χ1v) is 6.31. The Labute approximate surface area is 94.0 Å². The zero-order valence-electron chi connectivity index (χ0n) is 8.65. The predicted molar refractivity (Wildman–Crippen MR) is 60.0 cm³/mol. The van der Waals surface area contributed by atoms with Gasteiger partial charge in [0.15, 0.2) is 6.73 Å². The van der Waals surface area contributed by atoms with E-state index in [-0.39, 0.29) is 11.9 Å². The number of nitrogens with zero attached hydrogens (tertiary/aromatic N) is 1. The molecule has 1 saturated heterocycles. The fraction of sp³-hybridized carbons (Fsp3) is 0.700. The molecule has 1 N–H and O–H groups in total. The van der Waals surface area contributed by atoms with E-state index in [9.17, 15) is 4.79 Å². The molecule has 2 rings (SSSR count). The van der Waals surface area contributed by atoms with Gasteiger partial charge in [0.1, 0.15) is 0 Å². The predicted octanol–water partition coefficient (Wildman–Crippen LogP) is 0.964. The van der Waals surface area contributed by atoms with Gasteiger partial charge in [0.05, 0.1) is 11.8 Å². The number of rotatable bonds is 3. The van der Waals surface area contributed by atoms with Gasteiger partial charge in [-0.3, -0.25) is 4.79 Å². The number of esters is 1. The molecule has 0 aromatic heterocycles. The summed E-state index contributed by atoms with van der Waals surface area (Å²) in [6, 6.07) is 0. The summed E-state index contributed by atoms with van der Waals surface area (Å²) in [6.07, 6.45) is 3.77. The Hall–Kier alpha value is -0.680. The summed E-state index contributed by atoms with van der Waals surface area (Å²) in [5.74, 6) is 0.951. The van der Waals surface area contributed by atoms with Gasteiger partial charge < -0.3 is 15.0 Å². The topological polar surface area (TPSA) is 41.6 Å². The second-order valence-electron chi connectivity index (χ2n) is 3.79. The molecular weight excluding hydrogens is 212 g/mol. The standard InChI is InChI=1S/C10H16N2O2S/c13-10(9-1-3-11-4-2-9)14-7-12-5-6-15-8-12/h5-6,9,11H,1-4,7-8H2. The van der Waals surface area contributed by atoms with E-state index in [1.54, 1.807) is 11.8 Å². The van der Waals surface area contributed by atoms with Crippen molar-refractivity contribution in [2.45, 2.75) is 12.8 Å². The largest absolute Gasteiger partial charge is 0.444 e. The highest BCUT2D eigenvalue weighted by molar-refractivity contribution is 8.02. The minimum atomic E-state index is -0.0400. The number of nitrogens with one attached hydrogen (secondary N) is 1. The zero-order chi connectivity index (χ0) is 10.5. The van der Waals surface area contributed by atoms with E-state index in [4.69, 9.17) is 4.74 Å². The summed E-state index contributed by atoms with van der Waals surface area (Å²) in [4.78, 5) is 13.6. The Bertz CT molecular complexity index is 252. The molecule has 0 amide bonds. The van der Waals surface area contributed by atoms with E-state index < -0.39 is 0 Å². The lowest BCUT2D eigenvalue weighted by Gasteiger charge is -2.22. The van der Waals surface area contributed by atoms with Gasteiger partial charge in [0.25, 0.3) is 0 Å². The molecule has 2 aliphatic rings. The molecule has 0 spiro atoms. The highest BCUT2D eigenvalue weighted by Crippen LogP contribution is 2.16. The average Bonchev–Trinajstić information content (AvgIpc) is 2.80. The highest BCUT2D eigenvalue weighted by atomic mass is 32.2. The number of carbonyl (C=O) groups excluding carboxylic acids is 1. The smallest absolute Gasteiger partial charge is 0.310 e. The molecule has 0 radical (unpaired) electrons. The van der Waals surface area contributed by atoms with E-state index in [2.05, 4.69) is 5.32 Å². The second kappa shape index (κ2) is 5.42. The van der Waals surface area contributed by atoms with Gasteiger partial charge >= 0.3 is 5.97 Å². The van der Waals surface area contributed by atoms with Gasteiger partial charge in [-0.15, -0.1) is 11.8 Å². The van der Waals surface area contributed by atoms with Crippen LogP contribution in [0.1, 0.15) is 12.8 Å². The molecule has 0 saturated carbocycles. The van der Waals surface area contributed by atoms with Gasteiger partial charge in [0.2, 0.25) is 0 Å². The van der Waals surface area contributed by atoms with Gasteiger partial charge in [-0.2, -0.15) is 0 Å². The third-order valence-electron chi connectivity index (χ3n) is 2.65. The van der Waals surface area contributed by atoms with E-state index in [1.807, 2.05) is 16.5 Å². The molecule has 1 fully saturated rings. The molecule has 0 unspecified atom stereocenters. The van der Waals surface area contributed by atoms with Gasteiger partial charge in [-0.25, -0.2) is 0 Å². The van der Waals surface area contributed by atoms with Crippen LogP contribution in [0.15, 0.2) is 11.6 Å². The number of thioether (sulfide) groups is 1. The van der Waals surface area contributed by atoms with Crippen LogP contribution in [0.3, 0.4) is 0 Å². The number of hydrogen-bond acceptors (Lipinski definition) is 5. The molecule has 2 aliphatic heterocycles. The Morgan fingerprint density at radius 1 is 1.53 bits per heavy atom. The number of carbonyl (C=O) groups is 1. The summed E-state index contributed by atoms with van der Waals surface area (Å²) < 4.78 is 5.26. The molecule has 4 nitrogen and oxygen atoms in total. The van der Waals surface area contributed by atoms with E-state index in [0.717, 1.165) is 31.8 Å². The molecule has 84 valence electrons. The van der Waals surface area contributed by atoms with Gasteiger partial charge in [-0.1, -0.05) is 0 Å². The molecule has 5 heteroatoms. The van der Waals surface area contributed by atoms with Crippen LogP contribution in [0.2, 0.25) is 0 Å². The van der Waals surface area contributed by atoms with Crippen LogP contribution in [0.4, 0.5) is 0 Å². The van der Waals surface area contributed by atoms with Crippen LogP contribution in [-0.2, 0) is 9.53 Å². The summed E-state index contributed by atoms with van der Waals surface area (Å²) in [5, 5.41) is 5.25. The molecule has 2 heterocycles. The van der Waals surface area contributed by atoms with Gasteiger partial charge in [0, 0.05) is 6.20 Å². The molecule has 0 aromatic carbocycles. The first-order chi connectivity index (χ1) is 7.36. The number of ether oxygens (including phenoxy) is 1. The second-order valence-corrected chi connectivity index (χ2v) is 4.65. The van der Waals surface area contributed by atoms with Crippen molar-refractivity contribution in [2.24, 2.45) is 5.92 Å². The Kier molecular flexibility index (Phi) is 3.91. The summed E-state index contributed by atoms with van der Waals surface area (Å²) in [5.41, 5.74) is 0. The fourth-order valence-corrected chi connectivity index (χ4v) is 2.41. The van der Waals surface area contributed by atoms with Crippen LogP contribution >= 0.6 is 11.8 Å². The van der Waals surface area contributed by atoms with Gasteiger partial charge in [-0.05, 0) is 31.3 Å². The quantitative estimate of drug-likeness (QED) is 0.729. The minimum absolute atomic E-state index is 0.0400. The Morgan fingerprint density at radius 3 is 3.00 bits per heavy atom. The minimum Gasteiger partial charge on any atom is -0.444 e. The van der Waals surface area contributed by atoms with Crippen molar-refractivity contribution in [3.63, 3.8) is 0 Å². The van der Waals surface area contributed by atoms with Crippen molar-refractivity contribution in [1.82, 2.24) is 10.2 Å². The summed E-state index contributed by atoms with van der Waals surface area (Å²) >= 11 is 1.71. The first kappa shape index (κ1) is 10.8. The van der Waals surface area contributed by atoms with Crippen molar-refractivity contribution in [1.29, 1.82) is 0 Å². The van der Waals surface area contributed by atoms with Crippen LogP contribution in [0.25, 0.3) is 0 Å². The summed E-state index contributed by atoms with van der Waals surface area (Å²) in [6.45, 7) is 2.25. The van der Waals surface area contributed by atoms with Crippen LogP contribution in [-0.4, -0.2) is 36.6 Å². The fourth-order valence-electron chi connectivity index (χ4n) is 1.71. The Balaban J connectivity index is 1.69. The lowest BCUT2D eigenvalue weighted by Crippen LogP contribution is -2.34. The summed E-state index contributed by atoms with van der Waals surface area (Å²) in [7, 11) is 0. The van der Waals surface area contributed by atoms with Crippen molar-refractivity contribution < 1.29 is 9.53 Å². The normalized spacial score (nSPS) is 22.0. The van der Waals surface area contributed by atoms with Crippen molar-refractivity contribution in [3.8, 4) is 0 Å². The monoisotopic (exact) mass is 228 g/mol. The third kappa shape index (κ3) is 3.14. The molecule has 0 aromatic rings. The third-order valence-corrected chi connectivity index (χ3v) is 3.45. The maximum Gasteiger partial charge on any atom is 0.310 e. The Morgan fingerprint density at radius 2 is 2.33 bits per heavy atom. The average molecular weight is 228 g/mol. The number of piperidine rings is 1. The molecule has 0 aliphatic carbocycles. The van der Waals surface area contributed by atoms with Crippen LogP contribution in [0, 0.1) is 5.92 Å². The van der Waals surface area contributed by atoms with E-state index >= 15 is 0 Å². The highest BCUT2D eigenvalue weighted by Gasteiger charge is 2.22. The zero-order valence-corrected chi connectivity index (χ0v) is 9.46.